The van der Waals surface area contributed by atoms with Gasteiger partial charge in [-0.1, -0.05) is 30.8 Å². The van der Waals surface area contributed by atoms with E-state index in [2.05, 4.69) is 15.5 Å². The lowest BCUT2D eigenvalue weighted by Crippen LogP contribution is -2.15. The summed E-state index contributed by atoms with van der Waals surface area (Å²) in [6.07, 6.45) is 0.768. The molecule has 0 aliphatic heterocycles. The predicted molar refractivity (Wildman–Crippen MR) is 124 cm³/mol. The Labute approximate surface area is 191 Å². The van der Waals surface area contributed by atoms with Gasteiger partial charge in [-0.15, -0.1) is 10.2 Å². The maximum absolute atomic E-state index is 12.4. The Morgan fingerprint density at radius 3 is 2.50 bits per heavy atom. The van der Waals surface area contributed by atoms with Crippen LogP contribution < -0.4 is 10.1 Å². The zero-order valence-electron chi connectivity index (χ0n) is 18.3. The number of methoxy groups -OCH3 is 1. The zero-order chi connectivity index (χ0) is 22.9. The molecule has 0 atom stereocenters. The van der Waals surface area contributed by atoms with Crippen LogP contribution in [0.4, 0.5) is 5.69 Å². The van der Waals surface area contributed by atoms with Gasteiger partial charge in [-0.3, -0.25) is 4.79 Å². The number of ether oxygens (including phenoxy) is 2. The Kier molecular flexibility index (Phi) is 8.27. The van der Waals surface area contributed by atoms with E-state index in [0.717, 1.165) is 12.0 Å². The Hall–Kier alpha value is -3.33. The second kappa shape index (κ2) is 11.3. The SMILES string of the molecule is CCCOC(=O)c1ccc(NC(=O)CSc2nnc(-c3ccccc3OC)n2CC)cc1. The minimum Gasteiger partial charge on any atom is -0.496 e. The van der Waals surface area contributed by atoms with Crippen molar-refractivity contribution in [2.75, 3.05) is 24.8 Å². The van der Waals surface area contributed by atoms with E-state index in [4.69, 9.17) is 9.47 Å². The van der Waals surface area contributed by atoms with E-state index in [-0.39, 0.29) is 17.6 Å². The quantitative estimate of drug-likeness (QED) is 0.361. The number of esters is 1. The smallest absolute Gasteiger partial charge is 0.338 e. The molecular weight excluding hydrogens is 428 g/mol. The van der Waals surface area contributed by atoms with Crippen LogP contribution in [0, 0.1) is 0 Å². The molecule has 0 unspecified atom stereocenters. The molecule has 0 spiro atoms. The van der Waals surface area contributed by atoms with Crippen molar-refractivity contribution < 1.29 is 19.1 Å². The highest BCUT2D eigenvalue weighted by Gasteiger charge is 2.17. The third-order valence-corrected chi connectivity index (χ3v) is 5.52. The summed E-state index contributed by atoms with van der Waals surface area (Å²) in [6.45, 7) is 4.97. The minimum atomic E-state index is -0.370. The van der Waals surface area contributed by atoms with E-state index in [9.17, 15) is 9.59 Å². The van der Waals surface area contributed by atoms with Crippen molar-refractivity contribution in [2.45, 2.75) is 32.0 Å². The summed E-state index contributed by atoms with van der Waals surface area (Å²) in [5.41, 5.74) is 1.90. The molecule has 168 valence electrons. The maximum atomic E-state index is 12.4. The van der Waals surface area contributed by atoms with Gasteiger partial charge in [-0.2, -0.15) is 0 Å². The molecule has 1 aromatic heterocycles. The van der Waals surface area contributed by atoms with Crippen LogP contribution in [-0.2, 0) is 16.1 Å². The van der Waals surface area contributed by atoms with Crippen molar-refractivity contribution in [3.63, 3.8) is 0 Å². The van der Waals surface area contributed by atoms with Gasteiger partial charge in [-0.25, -0.2) is 4.79 Å². The van der Waals surface area contributed by atoms with E-state index < -0.39 is 0 Å². The lowest BCUT2D eigenvalue weighted by atomic mass is 10.2. The molecule has 32 heavy (non-hydrogen) atoms. The summed E-state index contributed by atoms with van der Waals surface area (Å²) in [4.78, 5) is 24.3. The number of carbonyl (C=O) groups is 2. The molecule has 3 aromatic rings. The number of hydrogen-bond acceptors (Lipinski definition) is 7. The first-order valence-electron chi connectivity index (χ1n) is 10.3. The number of aromatic nitrogens is 3. The summed E-state index contributed by atoms with van der Waals surface area (Å²) >= 11 is 1.31. The number of hydrogen-bond donors (Lipinski definition) is 1. The van der Waals surface area contributed by atoms with Crippen LogP contribution >= 0.6 is 11.8 Å². The van der Waals surface area contributed by atoms with Crippen molar-refractivity contribution in [1.82, 2.24) is 14.8 Å². The fourth-order valence-corrected chi connectivity index (χ4v) is 3.81. The topological polar surface area (TPSA) is 95.3 Å². The summed E-state index contributed by atoms with van der Waals surface area (Å²) in [5.74, 6) is 1.03. The predicted octanol–water partition coefficient (Wildman–Crippen LogP) is 4.27. The highest BCUT2D eigenvalue weighted by Crippen LogP contribution is 2.30. The summed E-state index contributed by atoms with van der Waals surface area (Å²) in [6, 6.07) is 14.2. The normalized spacial score (nSPS) is 10.6. The highest BCUT2D eigenvalue weighted by molar-refractivity contribution is 7.99. The number of para-hydroxylation sites is 1. The first-order chi connectivity index (χ1) is 15.6. The van der Waals surface area contributed by atoms with Crippen LogP contribution in [0.2, 0.25) is 0 Å². The molecule has 1 N–H and O–H groups in total. The van der Waals surface area contributed by atoms with Gasteiger partial charge in [0.15, 0.2) is 11.0 Å². The molecule has 0 saturated carbocycles. The monoisotopic (exact) mass is 454 g/mol. The molecule has 0 bridgehead atoms. The molecule has 0 radical (unpaired) electrons. The molecule has 1 amide bonds. The number of amides is 1. The van der Waals surface area contributed by atoms with Gasteiger partial charge in [0.1, 0.15) is 5.75 Å². The molecular formula is C23H26N4O4S. The number of nitrogens with one attached hydrogen (secondary N) is 1. The first kappa shape index (κ1) is 23.3. The van der Waals surface area contributed by atoms with Crippen molar-refractivity contribution in [3.05, 3.63) is 54.1 Å². The molecule has 1 heterocycles. The average Bonchev–Trinajstić information content (AvgIpc) is 3.24. The van der Waals surface area contributed by atoms with Gasteiger partial charge < -0.3 is 19.4 Å². The van der Waals surface area contributed by atoms with Gasteiger partial charge >= 0.3 is 5.97 Å². The van der Waals surface area contributed by atoms with Gasteiger partial charge in [-0.05, 0) is 49.7 Å². The Morgan fingerprint density at radius 2 is 1.81 bits per heavy atom. The molecule has 0 aliphatic rings. The summed E-state index contributed by atoms with van der Waals surface area (Å²) in [5, 5.41) is 12.1. The summed E-state index contributed by atoms with van der Waals surface area (Å²) in [7, 11) is 1.62. The molecule has 0 saturated heterocycles. The second-order valence-electron chi connectivity index (χ2n) is 6.80. The van der Waals surface area contributed by atoms with Crippen LogP contribution in [0.3, 0.4) is 0 Å². The number of anilines is 1. The van der Waals surface area contributed by atoms with E-state index >= 15 is 0 Å². The largest absolute Gasteiger partial charge is 0.496 e. The fraction of sp³-hybridized carbons (Fsp3) is 0.304. The standard InChI is InChI=1S/C23H26N4O4S/c1-4-14-31-22(29)16-10-12-17(13-11-16)24-20(28)15-32-23-26-25-21(27(23)5-2)18-8-6-7-9-19(18)30-3/h6-13H,4-5,14-15H2,1-3H3,(H,24,28). The first-order valence-corrected chi connectivity index (χ1v) is 11.3. The third kappa shape index (κ3) is 5.67. The Morgan fingerprint density at radius 1 is 1.06 bits per heavy atom. The summed E-state index contributed by atoms with van der Waals surface area (Å²) < 4.78 is 12.5. The lowest BCUT2D eigenvalue weighted by molar-refractivity contribution is -0.113. The van der Waals surface area contributed by atoms with Crippen molar-refractivity contribution >= 4 is 29.3 Å². The maximum Gasteiger partial charge on any atom is 0.338 e. The molecule has 9 heteroatoms. The van der Waals surface area contributed by atoms with Crippen molar-refractivity contribution in [2.24, 2.45) is 0 Å². The van der Waals surface area contributed by atoms with Gasteiger partial charge in [0.25, 0.3) is 0 Å². The molecule has 8 nitrogen and oxygen atoms in total. The number of nitrogens with zero attached hydrogens (tertiary/aromatic N) is 3. The molecule has 2 aromatic carbocycles. The third-order valence-electron chi connectivity index (χ3n) is 4.55. The van der Waals surface area contributed by atoms with Gasteiger partial charge in [0.2, 0.25) is 5.91 Å². The zero-order valence-corrected chi connectivity index (χ0v) is 19.1. The lowest BCUT2D eigenvalue weighted by Gasteiger charge is -2.10. The molecule has 0 aliphatic carbocycles. The average molecular weight is 455 g/mol. The van der Waals surface area contributed by atoms with Crippen molar-refractivity contribution in [1.29, 1.82) is 0 Å². The van der Waals surface area contributed by atoms with Crippen LogP contribution in [0.15, 0.2) is 53.7 Å². The minimum absolute atomic E-state index is 0.171. The highest BCUT2D eigenvalue weighted by atomic mass is 32.2. The molecule has 3 rings (SSSR count). The van der Waals surface area contributed by atoms with E-state index in [0.29, 0.717) is 41.1 Å². The number of rotatable bonds is 10. The van der Waals surface area contributed by atoms with Gasteiger partial charge in [0, 0.05) is 12.2 Å². The van der Waals surface area contributed by atoms with E-state index in [1.807, 2.05) is 42.7 Å². The number of thioether (sulfide) groups is 1. The molecule has 0 fully saturated rings. The number of benzene rings is 2. The van der Waals surface area contributed by atoms with E-state index in [1.165, 1.54) is 11.8 Å². The fourth-order valence-electron chi connectivity index (χ4n) is 3.00. The number of carbonyl (C=O) groups excluding carboxylic acids is 2. The van der Waals surface area contributed by atoms with Crippen LogP contribution in [0.1, 0.15) is 30.6 Å². The van der Waals surface area contributed by atoms with Crippen LogP contribution in [0.5, 0.6) is 5.75 Å². The second-order valence-corrected chi connectivity index (χ2v) is 7.74. The Bertz CT molecular complexity index is 1070. The van der Waals surface area contributed by atoms with E-state index in [1.54, 1.807) is 31.4 Å². The van der Waals surface area contributed by atoms with Gasteiger partial charge in [0.05, 0.1) is 30.6 Å². The van der Waals surface area contributed by atoms with Crippen LogP contribution in [-0.4, -0.2) is 46.1 Å². The van der Waals surface area contributed by atoms with Crippen LogP contribution in [0.25, 0.3) is 11.4 Å². The van der Waals surface area contributed by atoms with Crippen molar-refractivity contribution in [3.8, 4) is 17.1 Å². The Balaban J connectivity index is 1.62.